The number of rotatable bonds is 3. The second-order valence-electron chi connectivity index (χ2n) is 5.63. The van der Waals surface area contributed by atoms with Crippen molar-refractivity contribution in [2.75, 3.05) is 17.0 Å². The van der Waals surface area contributed by atoms with Gasteiger partial charge in [-0.3, -0.25) is 9.59 Å². The summed E-state index contributed by atoms with van der Waals surface area (Å²) in [5.74, 6) is -0.635. The third-order valence-electron chi connectivity index (χ3n) is 4.20. The fraction of sp³-hybridized carbons (Fsp3) is 0.176. The van der Waals surface area contributed by atoms with E-state index in [9.17, 15) is 14.0 Å². The summed E-state index contributed by atoms with van der Waals surface area (Å²) in [6.45, 7) is 0. The van der Waals surface area contributed by atoms with Gasteiger partial charge in [-0.25, -0.2) is 14.3 Å². The second kappa shape index (κ2) is 5.66. The first-order chi connectivity index (χ1) is 12.1. The van der Waals surface area contributed by atoms with Crippen molar-refractivity contribution in [1.29, 1.82) is 0 Å². The second-order valence-corrected chi connectivity index (χ2v) is 5.63. The average Bonchev–Trinajstić information content (AvgIpc) is 3.17. The molecular weight excluding hydrogens is 327 g/mol. The fourth-order valence-corrected chi connectivity index (χ4v) is 2.95. The largest absolute Gasteiger partial charge is 0.497 e. The zero-order chi connectivity index (χ0) is 17.6. The summed E-state index contributed by atoms with van der Waals surface area (Å²) >= 11 is 0. The van der Waals surface area contributed by atoms with E-state index in [1.807, 2.05) is 0 Å². The topological polar surface area (TPSA) is 74.6 Å². The maximum atomic E-state index is 13.1. The Morgan fingerprint density at radius 3 is 2.24 bits per heavy atom. The van der Waals surface area contributed by atoms with Crippen molar-refractivity contribution in [2.45, 2.75) is 12.1 Å². The first-order valence-corrected chi connectivity index (χ1v) is 7.57. The van der Waals surface area contributed by atoms with Gasteiger partial charge >= 0.3 is 0 Å². The molecule has 0 bridgehead atoms. The standard InChI is InChI=1S/C17H13FN4O3/c1-25-13-8-6-11(7-9-13)21-16(23)14-15(17(21)24)22(20-19-14)12-4-2-10(18)3-5-12/h2-9,14-15H,1H3/t14-,15-/m1/s1. The number of halogens is 1. The van der Waals surface area contributed by atoms with Gasteiger partial charge < -0.3 is 4.74 Å². The van der Waals surface area contributed by atoms with Gasteiger partial charge in [-0.15, -0.1) is 0 Å². The van der Waals surface area contributed by atoms with Crippen LogP contribution >= 0.6 is 0 Å². The lowest BCUT2D eigenvalue weighted by Gasteiger charge is -2.20. The summed E-state index contributed by atoms with van der Waals surface area (Å²) in [4.78, 5) is 26.6. The Morgan fingerprint density at radius 1 is 0.960 bits per heavy atom. The molecule has 8 heteroatoms. The summed E-state index contributed by atoms with van der Waals surface area (Å²) in [6, 6.07) is 10.4. The summed E-state index contributed by atoms with van der Waals surface area (Å²) < 4.78 is 18.2. The van der Waals surface area contributed by atoms with Crippen molar-refractivity contribution in [3.05, 3.63) is 54.3 Å². The number of benzene rings is 2. The number of imide groups is 1. The van der Waals surface area contributed by atoms with Crippen LogP contribution in [0.2, 0.25) is 0 Å². The third-order valence-corrected chi connectivity index (χ3v) is 4.20. The van der Waals surface area contributed by atoms with Crippen molar-refractivity contribution in [3.63, 3.8) is 0 Å². The molecule has 126 valence electrons. The number of fused-ring (bicyclic) bond motifs is 1. The molecule has 2 aromatic carbocycles. The molecule has 4 rings (SSSR count). The van der Waals surface area contributed by atoms with Crippen LogP contribution in [0.4, 0.5) is 15.8 Å². The molecule has 1 saturated heterocycles. The minimum atomic E-state index is -0.903. The number of methoxy groups -OCH3 is 1. The number of nitrogens with zero attached hydrogens (tertiary/aromatic N) is 4. The maximum absolute atomic E-state index is 13.1. The molecule has 2 aliphatic rings. The molecule has 2 amide bonds. The van der Waals surface area contributed by atoms with E-state index in [0.717, 1.165) is 4.90 Å². The Morgan fingerprint density at radius 2 is 1.60 bits per heavy atom. The lowest BCUT2D eigenvalue weighted by atomic mass is 10.1. The zero-order valence-corrected chi connectivity index (χ0v) is 13.2. The van der Waals surface area contributed by atoms with E-state index in [1.54, 1.807) is 24.3 Å². The van der Waals surface area contributed by atoms with Crippen LogP contribution < -0.4 is 14.6 Å². The van der Waals surface area contributed by atoms with Crippen molar-refractivity contribution in [2.24, 2.45) is 10.3 Å². The quantitative estimate of drug-likeness (QED) is 0.804. The van der Waals surface area contributed by atoms with Crippen molar-refractivity contribution in [3.8, 4) is 5.75 Å². The summed E-state index contributed by atoms with van der Waals surface area (Å²) in [5.41, 5.74) is 0.940. The van der Waals surface area contributed by atoms with Crippen LogP contribution in [0, 0.1) is 5.82 Å². The van der Waals surface area contributed by atoms with Gasteiger partial charge in [-0.05, 0) is 48.5 Å². The van der Waals surface area contributed by atoms with E-state index in [4.69, 9.17) is 4.74 Å². The number of hydrogen-bond donors (Lipinski definition) is 0. The molecule has 0 aromatic heterocycles. The van der Waals surface area contributed by atoms with Crippen LogP contribution in [0.5, 0.6) is 5.75 Å². The van der Waals surface area contributed by atoms with Gasteiger partial charge in [-0.1, -0.05) is 5.22 Å². The highest BCUT2D eigenvalue weighted by atomic mass is 19.1. The van der Waals surface area contributed by atoms with Crippen molar-refractivity contribution in [1.82, 2.24) is 0 Å². The molecule has 2 atom stereocenters. The minimum Gasteiger partial charge on any atom is -0.497 e. The number of anilines is 2. The highest BCUT2D eigenvalue weighted by molar-refractivity contribution is 6.26. The molecule has 0 aliphatic carbocycles. The van der Waals surface area contributed by atoms with Crippen LogP contribution in [0.25, 0.3) is 0 Å². The van der Waals surface area contributed by atoms with Gasteiger partial charge in [0.2, 0.25) is 0 Å². The lowest BCUT2D eigenvalue weighted by molar-refractivity contribution is -0.121. The van der Waals surface area contributed by atoms with Crippen LogP contribution in [0.1, 0.15) is 0 Å². The SMILES string of the molecule is COc1ccc(N2C(=O)[C@@H]3N=NN(c4ccc(F)cc4)[C@H]3C2=O)cc1. The fourth-order valence-electron chi connectivity index (χ4n) is 2.95. The Hall–Kier alpha value is -3.29. The highest BCUT2D eigenvalue weighted by Gasteiger charge is 2.55. The van der Waals surface area contributed by atoms with Gasteiger partial charge in [0.15, 0.2) is 12.1 Å². The zero-order valence-electron chi connectivity index (χ0n) is 13.2. The molecule has 25 heavy (non-hydrogen) atoms. The maximum Gasteiger partial charge on any atom is 0.263 e. The van der Waals surface area contributed by atoms with E-state index in [1.165, 1.54) is 36.4 Å². The Labute approximate surface area is 142 Å². The van der Waals surface area contributed by atoms with Gasteiger partial charge in [0.1, 0.15) is 11.6 Å². The summed E-state index contributed by atoms with van der Waals surface area (Å²) in [7, 11) is 1.53. The van der Waals surface area contributed by atoms with Gasteiger partial charge in [0, 0.05) is 0 Å². The van der Waals surface area contributed by atoms with Crippen LogP contribution in [-0.2, 0) is 9.59 Å². The molecule has 0 radical (unpaired) electrons. The van der Waals surface area contributed by atoms with E-state index >= 15 is 0 Å². The lowest BCUT2D eigenvalue weighted by Crippen LogP contribution is -2.39. The minimum absolute atomic E-state index is 0.398. The Bertz CT molecular complexity index is 866. The highest BCUT2D eigenvalue weighted by Crippen LogP contribution is 2.35. The van der Waals surface area contributed by atoms with Crippen molar-refractivity contribution >= 4 is 23.2 Å². The number of carbonyl (C=O) groups excluding carboxylic acids is 2. The number of ether oxygens (including phenoxy) is 1. The average molecular weight is 340 g/mol. The normalized spacial score (nSPS) is 21.8. The molecule has 0 N–H and O–H groups in total. The first-order valence-electron chi connectivity index (χ1n) is 7.57. The molecule has 7 nitrogen and oxygen atoms in total. The van der Waals surface area contributed by atoms with Crippen LogP contribution in [-0.4, -0.2) is 31.0 Å². The van der Waals surface area contributed by atoms with Crippen LogP contribution in [0.3, 0.4) is 0 Å². The molecule has 2 aromatic rings. The molecule has 0 saturated carbocycles. The Kier molecular flexibility index (Phi) is 3.45. The predicted molar refractivity (Wildman–Crippen MR) is 86.8 cm³/mol. The third kappa shape index (κ3) is 2.34. The van der Waals surface area contributed by atoms with Gasteiger partial charge in [0.05, 0.1) is 18.5 Å². The molecular formula is C17H13FN4O3. The number of amides is 2. The molecule has 0 unspecified atom stereocenters. The summed E-state index contributed by atoms with van der Waals surface area (Å²) in [5, 5.41) is 9.22. The molecule has 2 heterocycles. The van der Waals surface area contributed by atoms with E-state index < -0.39 is 29.7 Å². The number of carbonyl (C=O) groups is 2. The van der Waals surface area contributed by atoms with E-state index in [0.29, 0.717) is 17.1 Å². The van der Waals surface area contributed by atoms with Crippen LogP contribution in [0.15, 0.2) is 58.9 Å². The van der Waals surface area contributed by atoms with E-state index in [2.05, 4.69) is 10.3 Å². The molecule has 0 spiro atoms. The molecule has 1 fully saturated rings. The van der Waals surface area contributed by atoms with Gasteiger partial charge in [0.25, 0.3) is 11.8 Å². The van der Waals surface area contributed by atoms with E-state index in [-0.39, 0.29) is 0 Å². The first kappa shape index (κ1) is 15.3. The van der Waals surface area contributed by atoms with Gasteiger partial charge in [-0.2, -0.15) is 5.11 Å². The molecule has 2 aliphatic heterocycles. The number of hydrogen-bond acceptors (Lipinski definition) is 6. The van der Waals surface area contributed by atoms with Crippen molar-refractivity contribution < 1.29 is 18.7 Å². The predicted octanol–water partition coefficient (Wildman–Crippen LogP) is 2.33. The smallest absolute Gasteiger partial charge is 0.263 e. The Balaban J connectivity index is 1.66. The summed E-state index contributed by atoms with van der Waals surface area (Å²) in [6.07, 6.45) is 0. The monoisotopic (exact) mass is 340 g/mol.